The van der Waals surface area contributed by atoms with Crippen LogP contribution < -0.4 is 10.6 Å². The lowest BCUT2D eigenvalue weighted by Crippen LogP contribution is -2.57. The Bertz CT molecular complexity index is 851. The molecule has 1 saturated carbocycles. The minimum absolute atomic E-state index is 0.00443. The summed E-state index contributed by atoms with van der Waals surface area (Å²) in [6.07, 6.45) is 1.38. The van der Waals surface area contributed by atoms with Crippen LogP contribution >= 0.6 is 0 Å². The summed E-state index contributed by atoms with van der Waals surface area (Å²) in [5.74, 6) is -2.82. The van der Waals surface area contributed by atoms with Crippen LogP contribution in [0.25, 0.3) is 0 Å². The average molecular weight is 373 g/mol. The molecule has 0 aliphatic heterocycles. The average Bonchev–Trinajstić information content (AvgIpc) is 2.67. The van der Waals surface area contributed by atoms with Gasteiger partial charge in [-0.1, -0.05) is 44.2 Å². The molecule has 2 atom stereocenters. The van der Waals surface area contributed by atoms with Crippen molar-refractivity contribution in [1.29, 1.82) is 5.26 Å². The zero-order valence-electron chi connectivity index (χ0n) is 15.1. The maximum absolute atomic E-state index is 14.3. The summed E-state index contributed by atoms with van der Waals surface area (Å²) in [6.45, 7) is 3.15. The Kier molecular flexibility index (Phi) is 4.98. The van der Waals surface area contributed by atoms with Gasteiger partial charge >= 0.3 is 0 Å². The summed E-state index contributed by atoms with van der Waals surface area (Å²) in [6, 6.07) is 9.41. The summed E-state index contributed by atoms with van der Waals surface area (Å²) >= 11 is 0. The van der Waals surface area contributed by atoms with Gasteiger partial charge in [0.2, 0.25) is 5.95 Å². The maximum atomic E-state index is 14.3. The molecular weight excluding hydrogens is 352 g/mol. The third kappa shape index (κ3) is 3.83. The number of alkyl halides is 2. The van der Waals surface area contributed by atoms with Gasteiger partial charge in [0.05, 0.1) is 18.8 Å². The van der Waals surface area contributed by atoms with E-state index in [9.17, 15) is 19.1 Å². The minimum Gasteiger partial charge on any atom is -0.392 e. The van der Waals surface area contributed by atoms with Gasteiger partial charge in [0, 0.05) is 17.0 Å². The molecule has 1 aliphatic rings. The van der Waals surface area contributed by atoms with Crippen molar-refractivity contribution in [3.63, 3.8) is 0 Å². The summed E-state index contributed by atoms with van der Waals surface area (Å²) in [5.41, 5.74) is -0.256. The van der Waals surface area contributed by atoms with E-state index in [-0.39, 0.29) is 34.3 Å². The first kappa shape index (κ1) is 19.0. The molecule has 1 aromatic heterocycles. The summed E-state index contributed by atoms with van der Waals surface area (Å²) in [4.78, 5) is 8.12. The number of benzene rings is 1. The number of halogens is 2. The van der Waals surface area contributed by atoms with Crippen molar-refractivity contribution >= 4 is 11.8 Å². The molecule has 27 heavy (non-hydrogen) atoms. The van der Waals surface area contributed by atoms with E-state index in [0.717, 1.165) is 0 Å². The second-order valence-corrected chi connectivity index (χ2v) is 7.26. The van der Waals surface area contributed by atoms with Crippen molar-refractivity contribution in [3.8, 4) is 6.07 Å². The van der Waals surface area contributed by atoms with Gasteiger partial charge in [0.1, 0.15) is 17.5 Å². The van der Waals surface area contributed by atoms with Crippen molar-refractivity contribution in [2.45, 2.75) is 38.3 Å². The molecule has 0 unspecified atom stereocenters. The van der Waals surface area contributed by atoms with Gasteiger partial charge in [-0.3, -0.25) is 0 Å². The van der Waals surface area contributed by atoms with E-state index in [0.29, 0.717) is 6.42 Å². The lowest BCUT2D eigenvalue weighted by molar-refractivity contribution is -0.0511. The van der Waals surface area contributed by atoms with Crippen LogP contribution in [-0.4, -0.2) is 33.8 Å². The molecule has 0 spiro atoms. The molecule has 3 rings (SSSR count). The number of aliphatic hydroxyl groups excluding tert-OH is 1. The summed E-state index contributed by atoms with van der Waals surface area (Å²) in [7, 11) is 0. The van der Waals surface area contributed by atoms with Gasteiger partial charge in [-0.05, 0) is 6.42 Å². The second-order valence-electron chi connectivity index (χ2n) is 7.26. The molecular formula is C19H21F2N5O. The van der Waals surface area contributed by atoms with Gasteiger partial charge in [-0.25, -0.2) is 4.98 Å². The zero-order valence-corrected chi connectivity index (χ0v) is 15.1. The van der Waals surface area contributed by atoms with Crippen LogP contribution in [-0.2, 0) is 5.92 Å². The van der Waals surface area contributed by atoms with E-state index >= 15 is 0 Å². The van der Waals surface area contributed by atoms with Gasteiger partial charge in [0.15, 0.2) is 0 Å². The number of nitrogens with zero attached hydrogens (tertiary/aromatic N) is 3. The third-order valence-electron chi connectivity index (χ3n) is 5.10. The van der Waals surface area contributed by atoms with E-state index in [4.69, 9.17) is 0 Å². The van der Waals surface area contributed by atoms with E-state index < -0.39 is 18.6 Å². The van der Waals surface area contributed by atoms with Crippen molar-refractivity contribution < 1.29 is 13.9 Å². The number of aliphatic hydroxyl groups is 1. The molecule has 0 saturated heterocycles. The number of hydrogen-bond acceptors (Lipinski definition) is 6. The predicted molar refractivity (Wildman–Crippen MR) is 97.4 cm³/mol. The van der Waals surface area contributed by atoms with Crippen molar-refractivity contribution in [1.82, 2.24) is 9.97 Å². The molecule has 2 aromatic rings. The highest BCUT2D eigenvalue weighted by atomic mass is 19.3. The minimum atomic E-state index is -3.09. The molecule has 1 heterocycles. The van der Waals surface area contributed by atoms with E-state index in [2.05, 4.69) is 20.6 Å². The Hall–Kier alpha value is -2.79. The molecule has 0 radical (unpaired) electrons. The Morgan fingerprint density at radius 1 is 1.33 bits per heavy atom. The molecule has 0 bridgehead atoms. The summed E-state index contributed by atoms with van der Waals surface area (Å²) in [5, 5.41) is 24.8. The van der Waals surface area contributed by atoms with Crippen LogP contribution in [0.1, 0.15) is 31.4 Å². The molecule has 1 aromatic carbocycles. The molecule has 0 amide bonds. The second kappa shape index (κ2) is 7.08. The number of aromatic nitrogens is 2. The highest BCUT2D eigenvalue weighted by Crippen LogP contribution is 2.42. The highest BCUT2D eigenvalue weighted by molar-refractivity contribution is 5.54. The van der Waals surface area contributed by atoms with Crippen molar-refractivity contribution in [3.05, 3.63) is 47.7 Å². The van der Waals surface area contributed by atoms with Crippen LogP contribution in [0.5, 0.6) is 0 Å². The van der Waals surface area contributed by atoms with E-state index in [1.807, 2.05) is 19.9 Å². The fourth-order valence-electron chi connectivity index (χ4n) is 2.95. The zero-order chi connectivity index (χ0) is 19.7. The quantitative estimate of drug-likeness (QED) is 0.720. The maximum Gasteiger partial charge on any atom is 0.290 e. The SMILES string of the molecule is CC1(C)[C@@H](O)C[C@H]1Nc1nc(NCC(F)(F)c2ccccc2)ncc1C#N. The van der Waals surface area contributed by atoms with Gasteiger partial charge in [-0.15, -0.1) is 0 Å². The topological polar surface area (TPSA) is 93.9 Å². The van der Waals surface area contributed by atoms with E-state index in [1.165, 1.54) is 18.3 Å². The normalized spacial score (nSPS) is 21.0. The summed E-state index contributed by atoms with van der Waals surface area (Å²) < 4.78 is 28.6. The monoisotopic (exact) mass is 373 g/mol. The van der Waals surface area contributed by atoms with Crippen LogP contribution in [0.15, 0.2) is 36.5 Å². The lowest BCUT2D eigenvalue weighted by Gasteiger charge is -2.49. The Balaban J connectivity index is 1.73. The number of nitrogens with one attached hydrogen (secondary N) is 2. The number of anilines is 2. The predicted octanol–water partition coefficient (Wildman–Crippen LogP) is 3.12. The number of nitriles is 1. The number of rotatable bonds is 6. The fraction of sp³-hybridized carbons (Fsp3) is 0.421. The van der Waals surface area contributed by atoms with Crippen LogP contribution in [0.4, 0.5) is 20.5 Å². The molecule has 6 nitrogen and oxygen atoms in total. The molecule has 1 aliphatic carbocycles. The molecule has 1 fully saturated rings. The molecule has 8 heteroatoms. The Morgan fingerprint density at radius 3 is 2.63 bits per heavy atom. The van der Waals surface area contributed by atoms with E-state index in [1.54, 1.807) is 18.2 Å². The molecule has 3 N–H and O–H groups in total. The lowest BCUT2D eigenvalue weighted by atomic mass is 9.64. The van der Waals surface area contributed by atoms with Crippen LogP contribution in [0.3, 0.4) is 0 Å². The smallest absolute Gasteiger partial charge is 0.290 e. The van der Waals surface area contributed by atoms with Crippen molar-refractivity contribution in [2.75, 3.05) is 17.2 Å². The first-order valence-electron chi connectivity index (χ1n) is 8.63. The Morgan fingerprint density at radius 2 is 2.04 bits per heavy atom. The number of hydrogen-bond donors (Lipinski definition) is 3. The van der Waals surface area contributed by atoms with Gasteiger partial charge in [-0.2, -0.15) is 19.0 Å². The highest BCUT2D eigenvalue weighted by Gasteiger charge is 2.47. The first-order chi connectivity index (χ1) is 12.7. The first-order valence-corrected chi connectivity index (χ1v) is 8.63. The Labute approximate surface area is 156 Å². The van der Waals surface area contributed by atoms with Crippen LogP contribution in [0.2, 0.25) is 0 Å². The van der Waals surface area contributed by atoms with Gasteiger partial charge < -0.3 is 15.7 Å². The van der Waals surface area contributed by atoms with Crippen LogP contribution in [0, 0.1) is 16.7 Å². The largest absolute Gasteiger partial charge is 0.392 e. The third-order valence-corrected chi connectivity index (χ3v) is 5.10. The van der Waals surface area contributed by atoms with Crippen molar-refractivity contribution in [2.24, 2.45) is 5.41 Å². The fourth-order valence-corrected chi connectivity index (χ4v) is 2.95. The molecule has 142 valence electrons. The van der Waals surface area contributed by atoms with Gasteiger partial charge in [0.25, 0.3) is 5.92 Å². The standard InChI is InChI=1S/C19H21F2N5O/c1-18(2)14(8-15(18)27)25-16-12(9-22)10-23-17(26-16)24-11-19(20,21)13-6-4-3-5-7-13/h3-7,10,14-15,27H,8,11H2,1-2H3,(H2,23,24,25,26)/t14-,15+/m1/s1.